The molecule has 2 heterocycles. The van der Waals surface area contributed by atoms with Crippen molar-refractivity contribution in [1.82, 2.24) is 9.13 Å². The molecule has 654 valence electrons. The van der Waals surface area contributed by atoms with Crippen LogP contribution < -0.4 is 9.80 Å². The molecule has 0 unspecified atom stereocenters. The molecule has 0 radical (unpaired) electrons. The molecule has 27 rings (SSSR count). The van der Waals surface area contributed by atoms with E-state index in [1.807, 2.05) is 0 Å². The maximum atomic E-state index is 2.40. The van der Waals surface area contributed by atoms with Gasteiger partial charge in [0.2, 0.25) is 0 Å². The van der Waals surface area contributed by atoms with Gasteiger partial charge in [-0.05, 0) is 292 Å². The van der Waals surface area contributed by atoms with Crippen LogP contribution >= 0.6 is 0 Å². The highest BCUT2D eigenvalue weighted by atomic mass is 15.2. The summed E-state index contributed by atoms with van der Waals surface area (Å²) < 4.78 is 4.79. The number of anilines is 6. The molecule has 0 aliphatic rings. The predicted octanol–water partition coefficient (Wildman–Crippen LogP) is 37.9. The van der Waals surface area contributed by atoms with Gasteiger partial charge in [-0.3, -0.25) is 0 Å². The van der Waals surface area contributed by atoms with Gasteiger partial charge in [0.15, 0.2) is 0 Å². The van der Waals surface area contributed by atoms with Gasteiger partial charge in [0.1, 0.15) is 0 Å². The van der Waals surface area contributed by atoms with Gasteiger partial charge in [-0.2, -0.15) is 0 Å². The molecule has 0 aliphatic heterocycles. The van der Waals surface area contributed by atoms with Gasteiger partial charge in [0.05, 0.1) is 22.1 Å². The zero-order chi connectivity index (χ0) is 92.5. The largest absolute Gasteiger partial charge is 0.310 e. The maximum absolute atomic E-state index is 2.40. The molecule has 0 amide bonds. The van der Waals surface area contributed by atoms with Gasteiger partial charge < -0.3 is 18.9 Å². The van der Waals surface area contributed by atoms with Gasteiger partial charge in [-0.1, -0.05) is 419 Å². The summed E-state index contributed by atoms with van der Waals surface area (Å²) in [6.45, 7) is 0. The van der Waals surface area contributed by atoms with Crippen LogP contribution in [0.1, 0.15) is 0 Å². The van der Waals surface area contributed by atoms with E-state index in [0.717, 1.165) is 45.5 Å². The van der Waals surface area contributed by atoms with Gasteiger partial charge in [0.25, 0.3) is 0 Å². The van der Waals surface area contributed by atoms with E-state index in [2.05, 4.69) is 565 Å². The van der Waals surface area contributed by atoms with Crippen LogP contribution in [0.2, 0.25) is 0 Å². The number of hydrogen-bond donors (Lipinski definition) is 0. The highest BCUT2D eigenvalue weighted by molar-refractivity contribution is 6.26. The molecule has 4 nitrogen and oxygen atoms in total. The second-order valence-electron chi connectivity index (χ2n) is 36.6. The van der Waals surface area contributed by atoms with E-state index in [9.17, 15) is 0 Å². The molecule has 2 aromatic heterocycles. The minimum Gasteiger partial charge on any atom is -0.310 e. The Morgan fingerprint density at radius 2 is 0.379 bits per heavy atom. The van der Waals surface area contributed by atoms with Crippen molar-refractivity contribution in [2.45, 2.75) is 0 Å². The zero-order valence-electron chi connectivity index (χ0n) is 76.8. The summed E-state index contributed by atoms with van der Waals surface area (Å²) in [5, 5.41) is 22.9. The molecule has 0 saturated carbocycles. The third-order valence-corrected chi connectivity index (χ3v) is 28.6. The van der Waals surface area contributed by atoms with Crippen LogP contribution in [0, 0.1) is 0 Å². The number of para-hydroxylation sites is 4. The molecule has 140 heavy (non-hydrogen) atoms. The molecule has 0 aliphatic carbocycles. The van der Waals surface area contributed by atoms with Crippen molar-refractivity contribution in [1.29, 1.82) is 0 Å². The van der Waals surface area contributed by atoms with E-state index < -0.39 is 0 Å². The first-order valence-electron chi connectivity index (χ1n) is 48.2. The maximum Gasteiger partial charge on any atom is 0.0541 e. The Morgan fingerprint density at radius 1 is 0.114 bits per heavy atom. The molecule has 4 heteroatoms. The lowest BCUT2D eigenvalue weighted by Crippen LogP contribution is -2.10. The second kappa shape index (κ2) is 35.1. The third-order valence-electron chi connectivity index (χ3n) is 28.6. The molecule has 0 fully saturated rings. The molecule has 27 aromatic rings. The summed E-state index contributed by atoms with van der Waals surface area (Å²) in [5.74, 6) is 0. The number of benzene rings is 25. The number of aromatic nitrogens is 2. The summed E-state index contributed by atoms with van der Waals surface area (Å²) in [6, 6.07) is 200. The summed E-state index contributed by atoms with van der Waals surface area (Å²) in [6.07, 6.45) is 0. The Balaban J connectivity index is 0.000000144. The summed E-state index contributed by atoms with van der Waals surface area (Å²) in [7, 11) is 0. The zero-order valence-corrected chi connectivity index (χ0v) is 76.8. The van der Waals surface area contributed by atoms with E-state index >= 15 is 0 Å². The molecule has 25 aromatic carbocycles. The first-order valence-corrected chi connectivity index (χ1v) is 48.2. The lowest BCUT2D eigenvalue weighted by Gasteiger charge is -2.26. The van der Waals surface area contributed by atoms with Gasteiger partial charge in [-0.15, -0.1) is 0 Å². The van der Waals surface area contributed by atoms with Crippen molar-refractivity contribution in [3.05, 3.63) is 546 Å². The number of hydrogen-bond acceptors (Lipinski definition) is 2. The van der Waals surface area contributed by atoms with Crippen LogP contribution in [0.4, 0.5) is 34.1 Å². The predicted molar refractivity (Wildman–Crippen MR) is 597 cm³/mol. The topological polar surface area (TPSA) is 16.3 Å². The lowest BCUT2D eigenvalue weighted by atomic mass is 9.92. The Morgan fingerprint density at radius 3 is 0.793 bits per heavy atom. The fourth-order valence-electron chi connectivity index (χ4n) is 21.7. The Kier molecular flexibility index (Phi) is 20.6. The summed E-state index contributed by atoms with van der Waals surface area (Å²) in [5.41, 5.74) is 32.7. The average Bonchev–Trinajstić information content (AvgIpc) is 1.50. The van der Waals surface area contributed by atoms with Crippen LogP contribution in [0.3, 0.4) is 0 Å². The van der Waals surface area contributed by atoms with Gasteiger partial charge in [-0.25, -0.2) is 0 Å². The summed E-state index contributed by atoms with van der Waals surface area (Å²) in [4.78, 5) is 4.76. The minimum absolute atomic E-state index is 1.08. The molecular formula is C136H90N4. The Bertz CT molecular complexity index is 9300. The van der Waals surface area contributed by atoms with Crippen molar-refractivity contribution >= 4 is 153 Å². The molecule has 0 bridgehead atoms. The first-order chi connectivity index (χ1) is 69.4. The first kappa shape index (κ1) is 82.2. The Labute approximate surface area is 812 Å². The number of fused-ring (bicyclic) bond motifs is 17. The number of nitrogens with zero attached hydrogens (tertiary/aromatic N) is 4. The molecule has 0 saturated heterocycles. The van der Waals surface area contributed by atoms with Crippen molar-refractivity contribution in [3.8, 4) is 100 Å². The molecular weight excluding hydrogens is 1690 g/mol. The quantitative estimate of drug-likeness (QED) is 0.0897. The van der Waals surface area contributed by atoms with Crippen molar-refractivity contribution < 1.29 is 0 Å². The minimum atomic E-state index is 1.08. The van der Waals surface area contributed by atoms with E-state index in [4.69, 9.17) is 0 Å². The normalized spacial score (nSPS) is 11.6. The fraction of sp³-hybridized carbons (Fsp3) is 0. The average molecular weight is 1780 g/mol. The Hall–Kier alpha value is -18.5. The smallest absolute Gasteiger partial charge is 0.0541 e. The van der Waals surface area contributed by atoms with Crippen LogP contribution in [0.15, 0.2) is 546 Å². The van der Waals surface area contributed by atoms with Crippen molar-refractivity contribution in [3.63, 3.8) is 0 Å². The second-order valence-corrected chi connectivity index (χ2v) is 36.6. The van der Waals surface area contributed by atoms with Crippen molar-refractivity contribution in [2.24, 2.45) is 0 Å². The van der Waals surface area contributed by atoms with Gasteiger partial charge in [0, 0.05) is 67.0 Å². The van der Waals surface area contributed by atoms with Crippen LogP contribution in [0.5, 0.6) is 0 Å². The summed E-state index contributed by atoms with van der Waals surface area (Å²) >= 11 is 0. The van der Waals surface area contributed by atoms with E-state index in [0.29, 0.717) is 0 Å². The fourth-order valence-corrected chi connectivity index (χ4v) is 21.7. The van der Waals surface area contributed by atoms with E-state index in [1.165, 1.54) is 208 Å². The van der Waals surface area contributed by atoms with Crippen LogP contribution in [-0.4, -0.2) is 9.13 Å². The standard InChI is InChI=1S/C70H46N2.C66H44N2/c1-2-17-59-52(13-1)14-11-24-60(59)53-33-31-48(32-34-53)50-37-42-56(43-38-50)71(57-15-12-16-58(46-57)72-69-25-9-7-22-66(69)67-23-8-10-26-70(67)72)55-40-35-49(36-41-55)47-27-29-51(30-28-47)54-39-44-65-63-20-4-3-18-61(63)62-19-5-6-21-64(62)68(65)45-54;1-2-13-52-42-53(33-30-45(52)12-1)50-26-24-46(25-27-50)48-34-38-55(39-35-48)67(57-15-11-16-58(44-57)68-65-22-9-7-20-62(65)63-21-8-10-23-66(63)68)56-40-36-49(37-41-56)47-28-31-51(32-29-47)64-43-54-14-3-4-17-59(54)60-18-5-6-19-61(60)64/h1-46H;1-44H. The lowest BCUT2D eigenvalue weighted by molar-refractivity contribution is 1.17. The highest BCUT2D eigenvalue weighted by Crippen LogP contribution is 2.47. The van der Waals surface area contributed by atoms with Crippen molar-refractivity contribution in [2.75, 3.05) is 9.80 Å². The SMILES string of the molecule is c1cc(N(c2ccc(-c3ccc(-c4ccc5c6ccccc6c6ccccc6c5c4)cc3)cc2)c2ccc(-c3ccc(-c4cccc5ccccc45)cc3)cc2)cc(-n2c3ccccc3c3ccccc32)c1.c1cc(N(c2ccc(-c3ccc(-c4ccc5ccccc5c4)cc3)cc2)c2ccc(-c3ccc(-c4cc5ccccc5c5ccccc45)cc3)cc2)cc(-n2c3ccccc3c3ccccc32)c1. The molecule has 0 spiro atoms. The van der Waals surface area contributed by atoms with Crippen LogP contribution in [-0.2, 0) is 0 Å². The molecule has 0 atom stereocenters. The van der Waals surface area contributed by atoms with E-state index in [1.54, 1.807) is 0 Å². The highest BCUT2D eigenvalue weighted by Gasteiger charge is 2.23. The molecule has 0 N–H and O–H groups in total. The number of rotatable bonds is 16. The van der Waals surface area contributed by atoms with Crippen LogP contribution in [0.25, 0.3) is 219 Å². The monoisotopic (exact) mass is 1780 g/mol. The van der Waals surface area contributed by atoms with E-state index in [-0.39, 0.29) is 0 Å². The van der Waals surface area contributed by atoms with Gasteiger partial charge >= 0.3 is 0 Å². The third kappa shape index (κ3) is 14.9.